The van der Waals surface area contributed by atoms with Crippen LogP contribution in [0.25, 0.3) is 10.9 Å². The van der Waals surface area contributed by atoms with Crippen LogP contribution in [0.2, 0.25) is 0 Å². The minimum Gasteiger partial charge on any atom is -0.483 e. The number of β-amino-alcohol motifs (C(OH)–C–C–N with tert-alkyl or cyclic N) is 1. The number of amides is 1. The third kappa shape index (κ3) is 9.11. The lowest BCUT2D eigenvalue weighted by Gasteiger charge is -2.31. The van der Waals surface area contributed by atoms with Crippen molar-refractivity contribution >= 4 is 39.0 Å². The summed E-state index contributed by atoms with van der Waals surface area (Å²) in [6, 6.07) is 12.8. The van der Waals surface area contributed by atoms with E-state index in [1.54, 1.807) is 20.0 Å². The van der Waals surface area contributed by atoms with Gasteiger partial charge in [-0.15, -0.1) is 0 Å². The molecule has 2 heterocycles. The van der Waals surface area contributed by atoms with E-state index in [0.717, 1.165) is 47.7 Å². The molecule has 1 aromatic heterocycles. The fourth-order valence-electron chi connectivity index (χ4n) is 6.03. The van der Waals surface area contributed by atoms with Gasteiger partial charge in [-0.2, -0.15) is 0 Å². The molecule has 1 amide bonds. The second-order valence-corrected chi connectivity index (χ2v) is 15.8. The Labute approximate surface area is 274 Å². The summed E-state index contributed by atoms with van der Waals surface area (Å²) in [5.74, 6) is 0.312. The van der Waals surface area contributed by atoms with Gasteiger partial charge in [0, 0.05) is 42.8 Å². The smallest absolute Gasteiger partial charge is 0.290 e. The minimum atomic E-state index is -3.60. The van der Waals surface area contributed by atoms with E-state index in [1.165, 1.54) is 4.31 Å². The Morgan fingerprint density at radius 1 is 1.17 bits per heavy atom. The molecule has 0 saturated heterocycles. The molecule has 11 heteroatoms. The normalized spacial score (nSPS) is 17.2. The molecule has 1 unspecified atom stereocenters. The molecular formula is C35H52N4O6S. The third-order valence-electron chi connectivity index (χ3n) is 8.81. The summed E-state index contributed by atoms with van der Waals surface area (Å²) in [5.41, 5.74) is 3.62. The van der Waals surface area contributed by atoms with Crippen LogP contribution < -0.4 is 14.9 Å². The van der Waals surface area contributed by atoms with Crippen LogP contribution in [-0.4, -0.2) is 72.1 Å². The van der Waals surface area contributed by atoms with Crippen molar-refractivity contribution < 1.29 is 28.2 Å². The number of hydrogen-bond acceptors (Lipinski definition) is 6. The molecule has 3 aromatic rings. The number of aliphatic hydroxyl groups excluding tert-OH is 1. The number of benzene rings is 2. The molecule has 1 aliphatic rings. The summed E-state index contributed by atoms with van der Waals surface area (Å²) in [6.45, 7) is 13.0. The largest absolute Gasteiger partial charge is 0.483 e. The average Bonchev–Trinajstić information content (AvgIpc) is 3.33. The molecule has 0 radical (unpaired) electrons. The average molecular weight is 657 g/mol. The second-order valence-electron chi connectivity index (χ2n) is 13.4. The van der Waals surface area contributed by atoms with Crippen LogP contribution in [0.4, 0.5) is 5.69 Å². The lowest BCUT2D eigenvalue weighted by atomic mass is 9.93. The number of aromatic nitrogens is 1. The molecule has 2 aromatic carbocycles. The Kier molecular flexibility index (Phi) is 12.8. The molecule has 0 aliphatic carbocycles. The van der Waals surface area contributed by atoms with Crippen molar-refractivity contribution in [3.63, 3.8) is 0 Å². The molecule has 10 nitrogen and oxygen atoms in total. The topological polar surface area (TPSA) is 141 Å². The zero-order chi connectivity index (χ0) is 34.2. The van der Waals surface area contributed by atoms with Crippen molar-refractivity contribution in [3.8, 4) is 0 Å². The van der Waals surface area contributed by atoms with Gasteiger partial charge < -0.3 is 25.4 Å². The summed E-state index contributed by atoms with van der Waals surface area (Å²) in [5, 5.41) is 25.2. The predicted molar refractivity (Wildman–Crippen MR) is 185 cm³/mol. The van der Waals surface area contributed by atoms with Crippen LogP contribution in [0.15, 0.2) is 48.7 Å². The van der Waals surface area contributed by atoms with Gasteiger partial charge in [0.05, 0.1) is 28.6 Å². The highest BCUT2D eigenvalue weighted by molar-refractivity contribution is 7.93. The van der Waals surface area contributed by atoms with Crippen LogP contribution in [-0.2, 0) is 34.2 Å². The first-order valence-electron chi connectivity index (χ1n) is 16.1. The van der Waals surface area contributed by atoms with E-state index in [4.69, 9.17) is 9.90 Å². The number of nitrogens with zero attached hydrogens (tertiary/aromatic N) is 2. The molecule has 0 fully saturated rings. The van der Waals surface area contributed by atoms with Gasteiger partial charge in [-0.05, 0) is 69.2 Å². The van der Waals surface area contributed by atoms with Gasteiger partial charge in [0.2, 0.25) is 10.0 Å². The van der Waals surface area contributed by atoms with Gasteiger partial charge in [0.25, 0.3) is 12.4 Å². The molecule has 254 valence electrons. The summed E-state index contributed by atoms with van der Waals surface area (Å²) in [6.07, 6.45) is 5.64. The molecule has 1 aliphatic heterocycles. The Hall–Kier alpha value is -3.41. The lowest BCUT2D eigenvalue weighted by molar-refractivity contribution is -0.122. The minimum absolute atomic E-state index is 0.152. The number of rotatable bonds is 13. The van der Waals surface area contributed by atoms with Crippen LogP contribution in [0.5, 0.6) is 0 Å². The number of aryl methyl sites for hydroxylation is 1. The maximum Gasteiger partial charge on any atom is 0.290 e. The van der Waals surface area contributed by atoms with Crippen molar-refractivity contribution in [2.24, 2.45) is 5.92 Å². The number of hydrogen-bond donors (Lipinski definition) is 4. The SMILES string of the molecule is CCc1cn2c3c(cc(C(=O)N[C@@H](Cc4ccccc4)[C@H](O)CNC(C)(C)CCCC(C)C)cc13)N(C)S(=O)(=O)C(C)C2.O=CO. The van der Waals surface area contributed by atoms with E-state index in [0.29, 0.717) is 36.7 Å². The van der Waals surface area contributed by atoms with Crippen molar-refractivity contribution in [2.45, 2.75) is 103 Å². The Morgan fingerprint density at radius 3 is 2.43 bits per heavy atom. The first kappa shape index (κ1) is 37.1. The number of nitrogens with one attached hydrogen (secondary N) is 2. The van der Waals surface area contributed by atoms with E-state index in [1.807, 2.05) is 47.2 Å². The Balaban J connectivity index is 0.00000185. The molecule has 4 N–H and O–H groups in total. The maximum atomic E-state index is 13.9. The summed E-state index contributed by atoms with van der Waals surface area (Å²) >= 11 is 0. The highest BCUT2D eigenvalue weighted by Gasteiger charge is 2.34. The summed E-state index contributed by atoms with van der Waals surface area (Å²) in [4.78, 5) is 22.3. The van der Waals surface area contributed by atoms with Crippen molar-refractivity contribution in [1.82, 2.24) is 15.2 Å². The fraction of sp³-hybridized carbons (Fsp3) is 0.543. The van der Waals surface area contributed by atoms with Gasteiger partial charge in [-0.3, -0.25) is 13.9 Å². The molecule has 46 heavy (non-hydrogen) atoms. The molecule has 4 rings (SSSR count). The second kappa shape index (κ2) is 15.9. The Morgan fingerprint density at radius 2 is 1.83 bits per heavy atom. The van der Waals surface area contributed by atoms with Gasteiger partial charge in [0.1, 0.15) is 0 Å². The predicted octanol–water partition coefficient (Wildman–Crippen LogP) is 4.97. The van der Waals surface area contributed by atoms with Crippen LogP contribution in [0.3, 0.4) is 0 Å². The molecular weight excluding hydrogens is 604 g/mol. The van der Waals surface area contributed by atoms with Gasteiger partial charge in [-0.25, -0.2) is 8.42 Å². The zero-order valence-electron chi connectivity index (χ0n) is 28.3. The van der Waals surface area contributed by atoms with E-state index in [-0.39, 0.29) is 17.9 Å². The van der Waals surface area contributed by atoms with Gasteiger partial charge in [0.15, 0.2) is 0 Å². The van der Waals surface area contributed by atoms with Gasteiger partial charge >= 0.3 is 0 Å². The first-order valence-corrected chi connectivity index (χ1v) is 17.6. The highest BCUT2D eigenvalue weighted by atomic mass is 32.2. The Bertz CT molecular complexity index is 1570. The molecule has 0 spiro atoms. The van der Waals surface area contributed by atoms with E-state index < -0.39 is 27.4 Å². The standard InChI is InChI=1S/C34H50N4O4S.CH2O2/c1-8-26-22-38-21-24(4)43(41,42)37(7)30-19-27(18-28(26)32(30)38)33(40)36-29(17-25-14-10-9-11-15-25)31(39)20-35-34(5,6)16-12-13-23(2)3;2-1-3/h9-11,14-15,18-19,22-24,29,31,35,39H,8,12-13,16-17,20-21H2,1-7H3,(H,36,40);1H,(H,2,3)/t24?,29-,31+;/m0./s1. The van der Waals surface area contributed by atoms with Gasteiger partial charge in [-0.1, -0.05) is 63.9 Å². The number of sulfonamides is 1. The van der Waals surface area contributed by atoms with Crippen LogP contribution in [0.1, 0.15) is 82.3 Å². The highest BCUT2D eigenvalue weighted by Crippen LogP contribution is 2.37. The van der Waals surface area contributed by atoms with Crippen molar-refractivity contribution in [3.05, 3.63) is 65.4 Å². The quantitative estimate of drug-likeness (QED) is 0.191. The van der Waals surface area contributed by atoms with Crippen molar-refractivity contribution in [1.29, 1.82) is 0 Å². The molecule has 0 saturated carbocycles. The number of carboxylic acid groups (broad SMARTS) is 1. The van der Waals surface area contributed by atoms with Crippen LogP contribution in [0, 0.1) is 5.92 Å². The number of carbonyl (C=O) groups excluding carboxylic acids is 1. The van der Waals surface area contributed by atoms with E-state index in [9.17, 15) is 18.3 Å². The fourth-order valence-corrected chi connectivity index (χ4v) is 7.33. The summed E-state index contributed by atoms with van der Waals surface area (Å²) < 4.78 is 29.9. The lowest BCUT2D eigenvalue weighted by Crippen LogP contribution is -2.52. The monoisotopic (exact) mass is 656 g/mol. The summed E-state index contributed by atoms with van der Waals surface area (Å²) in [7, 11) is -2.04. The van der Waals surface area contributed by atoms with Crippen LogP contribution >= 0.6 is 0 Å². The molecule has 0 bridgehead atoms. The van der Waals surface area contributed by atoms with E-state index in [2.05, 4.69) is 45.3 Å². The molecule has 3 atom stereocenters. The first-order chi connectivity index (χ1) is 21.6. The number of carbonyl (C=O) groups is 2. The third-order valence-corrected chi connectivity index (χ3v) is 10.9. The number of aliphatic hydroxyl groups is 1. The number of anilines is 1. The van der Waals surface area contributed by atoms with Crippen molar-refractivity contribution in [2.75, 3.05) is 17.9 Å². The maximum absolute atomic E-state index is 13.9. The zero-order valence-corrected chi connectivity index (χ0v) is 29.1. The van der Waals surface area contributed by atoms with E-state index >= 15 is 0 Å².